The SMILES string of the molecule is COc1ccc(Oc2ccc([N+](=O)[O-])cc2C(=O)NCC(N)C2CC2)cc1.Cl. The van der Waals surface area contributed by atoms with E-state index in [2.05, 4.69) is 5.32 Å². The van der Waals surface area contributed by atoms with Gasteiger partial charge < -0.3 is 20.5 Å². The minimum absolute atomic E-state index is 0. The summed E-state index contributed by atoms with van der Waals surface area (Å²) in [5.41, 5.74) is 5.91. The van der Waals surface area contributed by atoms with Crippen LogP contribution in [-0.4, -0.2) is 30.5 Å². The number of benzene rings is 2. The maximum atomic E-state index is 12.6. The monoisotopic (exact) mass is 407 g/mol. The first kappa shape index (κ1) is 21.5. The number of amides is 1. The molecule has 0 radical (unpaired) electrons. The van der Waals surface area contributed by atoms with Crippen LogP contribution in [-0.2, 0) is 0 Å². The summed E-state index contributed by atoms with van der Waals surface area (Å²) in [5.74, 6) is 1.35. The molecule has 28 heavy (non-hydrogen) atoms. The lowest BCUT2D eigenvalue weighted by molar-refractivity contribution is -0.384. The van der Waals surface area contributed by atoms with E-state index in [1.165, 1.54) is 18.2 Å². The number of nitrogens with zero attached hydrogens (tertiary/aromatic N) is 1. The number of carbonyl (C=O) groups excluding carboxylic acids is 1. The van der Waals surface area contributed by atoms with Crippen molar-refractivity contribution < 1.29 is 19.2 Å². The smallest absolute Gasteiger partial charge is 0.270 e. The molecule has 3 rings (SSSR count). The average molecular weight is 408 g/mol. The Balaban J connectivity index is 0.00000280. The van der Waals surface area contributed by atoms with Crippen molar-refractivity contribution in [2.75, 3.05) is 13.7 Å². The molecule has 1 atom stereocenters. The van der Waals surface area contributed by atoms with Gasteiger partial charge in [0, 0.05) is 24.7 Å². The highest BCUT2D eigenvalue weighted by molar-refractivity contribution is 5.97. The van der Waals surface area contributed by atoms with E-state index >= 15 is 0 Å². The molecule has 1 aliphatic rings. The predicted octanol–water partition coefficient (Wildman–Crippen LogP) is 3.28. The molecule has 0 aliphatic heterocycles. The van der Waals surface area contributed by atoms with Crippen molar-refractivity contribution in [1.29, 1.82) is 0 Å². The Bertz CT molecular complexity index is 840. The van der Waals surface area contributed by atoms with E-state index in [1.54, 1.807) is 31.4 Å². The van der Waals surface area contributed by atoms with E-state index in [0.717, 1.165) is 12.8 Å². The molecule has 1 unspecified atom stereocenters. The molecule has 3 N–H and O–H groups in total. The standard InChI is InChI=1S/C19H21N3O5.ClH/c1-26-14-5-7-15(8-6-14)27-18-9-4-13(22(24)25)10-16(18)19(23)21-11-17(20)12-2-3-12;/h4-10,12,17H,2-3,11,20H2,1H3,(H,21,23);1H. The highest BCUT2D eigenvalue weighted by Gasteiger charge is 2.29. The Kier molecular flexibility index (Phi) is 7.19. The van der Waals surface area contributed by atoms with Gasteiger partial charge in [0.25, 0.3) is 11.6 Å². The van der Waals surface area contributed by atoms with Crippen molar-refractivity contribution in [1.82, 2.24) is 5.32 Å². The predicted molar refractivity (Wildman–Crippen MR) is 106 cm³/mol. The Morgan fingerprint density at radius 1 is 1.25 bits per heavy atom. The second-order valence-corrected chi connectivity index (χ2v) is 6.43. The molecule has 2 aromatic carbocycles. The first-order chi connectivity index (χ1) is 13.0. The highest BCUT2D eigenvalue weighted by atomic mass is 35.5. The van der Waals surface area contributed by atoms with Crippen molar-refractivity contribution in [2.24, 2.45) is 11.7 Å². The molecule has 1 fully saturated rings. The summed E-state index contributed by atoms with van der Waals surface area (Å²) in [4.78, 5) is 23.1. The van der Waals surface area contributed by atoms with Crippen molar-refractivity contribution >= 4 is 24.0 Å². The number of rotatable bonds is 8. The molecule has 0 heterocycles. The van der Waals surface area contributed by atoms with Gasteiger partial charge in [0.2, 0.25) is 0 Å². The van der Waals surface area contributed by atoms with Crippen LogP contribution < -0.4 is 20.5 Å². The van der Waals surface area contributed by atoms with Crippen LogP contribution in [0.1, 0.15) is 23.2 Å². The number of nitro benzene ring substituents is 1. The number of nitrogens with one attached hydrogen (secondary N) is 1. The van der Waals surface area contributed by atoms with Gasteiger partial charge >= 0.3 is 0 Å². The minimum atomic E-state index is -0.552. The van der Waals surface area contributed by atoms with Crippen LogP contribution in [0.15, 0.2) is 42.5 Å². The van der Waals surface area contributed by atoms with E-state index in [0.29, 0.717) is 24.0 Å². The molecule has 0 aromatic heterocycles. The lowest BCUT2D eigenvalue weighted by atomic mass is 10.1. The van der Waals surface area contributed by atoms with Crippen LogP contribution in [0.3, 0.4) is 0 Å². The normalized spacial score (nSPS) is 13.8. The van der Waals surface area contributed by atoms with E-state index in [-0.39, 0.29) is 35.4 Å². The maximum absolute atomic E-state index is 12.6. The minimum Gasteiger partial charge on any atom is -0.497 e. The van der Waals surface area contributed by atoms with E-state index < -0.39 is 10.8 Å². The molecule has 9 heteroatoms. The molecule has 8 nitrogen and oxygen atoms in total. The third kappa shape index (κ3) is 5.34. The number of hydrogen-bond donors (Lipinski definition) is 2. The summed E-state index contributed by atoms with van der Waals surface area (Å²) in [6.45, 7) is 0.314. The number of nitrogens with two attached hydrogens (primary N) is 1. The van der Waals surface area contributed by atoms with Crippen molar-refractivity contribution in [2.45, 2.75) is 18.9 Å². The molecule has 0 saturated heterocycles. The van der Waals surface area contributed by atoms with Gasteiger partial charge in [0.1, 0.15) is 17.2 Å². The average Bonchev–Trinajstić information content (AvgIpc) is 3.52. The van der Waals surface area contributed by atoms with Gasteiger partial charge in [-0.05, 0) is 49.1 Å². The molecule has 1 amide bonds. The van der Waals surface area contributed by atoms with E-state index in [4.69, 9.17) is 15.2 Å². The lowest BCUT2D eigenvalue weighted by Crippen LogP contribution is -2.38. The van der Waals surface area contributed by atoms with Crippen LogP contribution in [0.25, 0.3) is 0 Å². The van der Waals surface area contributed by atoms with Gasteiger partial charge in [-0.25, -0.2) is 0 Å². The van der Waals surface area contributed by atoms with Crippen molar-refractivity contribution in [3.05, 3.63) is 58.1 Å². The van der Waals surface area contributed by atoms with Gasteiger partial charge in [-0.15, -0.1) is 12.4 Å². The quantitative estimate of drug-likeness (QED) is 0.512. The van der Waals surface area contributed by atoms with Crippen LogP contribution in [0.4, 0.5) is 5.69 Å². The lowest BCUT2D eigenvalue weighted by Gasteiger charge is -2.14. The van der Waals surface area contributed by atoms with Gasteiger partial charge in [0.05, 0.1) is 17.6 Å². The van der Waals surface area contributed by atoms with Crippen LogP contribution in [0, 0.1) is 16.0 Å². The molecule has 2 aromatic rings. The summed E-state index contributed by atoms with van der Waals surface area (Å²) in [5, 5.41) is 13.8. The number of methoxy groups -OCH3 is 1. The van der Waals surface area contributed by atoms with Crippen LogP contribution >= 0.6 is 12.4 Å². The zero-order valence-corrected chi connectivity index (χ0v) is 16.1. The zero-order valence-electron chi connectivity index (χ0n) is 15.3. The van der Waals surface area contributed by atoms with Crippen molar-refractivity contribution in [3.8, 4) is 17.2 Å². The fourth-order valence-electron chi connectivity index (χ4n) is 2.67. The molecular formula is C19H22ClN3O5. The third-order valence-electron chi connectivity index (χ3n) is 4.43. The van der Waals surface area contributed by atoms with E-state index in [9.17, 15) is 14.9 Å². The number of carbonyl (C=O) groups is 1. The fraction of sp³-hybridized carbons (Fsp3) is 0.316. The zero-order chi connectivity index (χ0) is 19.4. The van der Waals surface area contributed by atoms with E-state index in [1.807, 2.05) is 0 Å². The summed E-state index contributed by atoms with van der Waals surface area (Å²) < 4.78 is 10.9. The number of ether oxygens (including phenoxy) is 2. The van der Waals surface area contributed by atoms with Crippen LogP contribution in [0.2, 0.25) is 0 Å². The summed E-state index contributed by atoms with van der Waals surface area (Å²) in [7, 11) is 1.56. The number of hydrogen-bond acceptors (Lipinski definition) is 6. The summed E-state index contributed by atoms with van der Waals surface area (Å²) in [6.07, 6.45) is 2.14. The molecule has 0 bridgehead atoms. The topological polar surface area (TPSA) is 117 Å². The number of halogens is 1. The van der Waals surface area contributed by atoms with Gasteiger partial charge in [-0.2, -0.15) is 0 Å². The van der Waals surface area contributed by atoms with Crippen LogP contribution in [0.5, 0.6) is 17.2 Å². The first-order valence-electron chi connectivity index (χ1n) is 8.62. The Hall–Kier alpha value is -2.84. The van der Waals surface area contributed by atoms with Gasteiger partial charge in [-0.3, -0.25) is 14.9 Å². The number of non-ortho nitro benzene ring substituents is 1. The first-order valence-corrected chi connectivity index (χ1v) is 8.62. The summed E-state index contributed by atoms with van der Waals surface area (Å²) >= 11 is 0. The molecule has 150 valence electrons. The molecule has 1 aliphatic carbocycles. The molecule has 1 saturated carbocycles. The Morgan fingerprint density at radius 2 is 1.89 bits per heavy atom. The van der Waals surface area contributed by atoms with Gasteiger partial charge in [0.15, 0.2) is 0 Å². The number of nitro groups is 1. The highest BCUT2D eigenvalue weighted by Crippen LogP contribution is 2.32. The molecule has 0 spiro atoms. The second kappa shape index (κ2) is 9.38. The Labute approximate surface area is 168 Å². The van der Waals surface area contributed by atoms with Gasteiger partial charge in [-0.1, -0.05) is 0 Å². The largest absolute Gasteiger partial charge is 0.497 e. The Morgan fingerprint density at radius 3 is 2.46 bits per heavy atom. The summed E-state index contributed by atoms with van der Waals surface area (Å²) in [6, 6.07) is 10.6. The fourth-order valence-corrected chi connectivity index (χ4v) is 2.67. The second-order valence-electron chi connectivity index (χ2n) is 6.43. The maximum Gasteiger partial charge on any atom is 0.270 e. The third-order valence-corrected chi connectivity index (χ3v) is 4.43. The van der Waals surface area contributed by atoms with Crippen molar-refractivity contribution in [3.63, 3.8) is 0 Å². The molecular weight excluding hydrogens is 386 g/mol.